The average Bonchev–Trinajstić information content (AvgIpc) is 1.87. The van der Waals surface area contributed by atoms with E-state index in [4.69, 9.17) is 0 Å². The van der Waals surface area contributed by atoms with E-state index in [0.717, 1.165) is 9.50 Å². The molecule has 0 aromatic heterocycles. The Morgan fingerprint density at radius 3 is 1.73 bits per heavy atom. The zero-order chi connectivity index (χ0) is 8.85. The van der Waals surface area contributed by atoms with E-state index in [1.54, 1.807) is 5.25 Å². The second kappa shape index (κ2) is 6.10. The van der Waals surface area contributed by atoms with Crippen molar-refractivity contribution in [2.24, 2.45) is 0 Å². The Labute approximate surface area is 76.9 Å². The molecule has 0 amide bonds. The molecule has 0 bridgehead atoms. The van der Waals surface area contributed by atoms with Crippen LogP contribution in [-0.4, -0.2) is 14.3 Å². The van der Waals surface area contributed by atoms with E-state index in [2.05, 4.69) is 34.6 Å². The van der Waals surface area contributed by atoms with Crippen LogP contribution in [0.1, 0.15) is 47.5 Å². The quantitative estimate of drug-likeness (QED) is 0.606. The third-order valence-electron chi connectivity index (χ3n) is 2.30. The predicted molar refractivity (Wildman–Crippen MR) is 55.7 cm³/mol. The molecule has 0 aromatic carbocycles. The van der Waals surface area contributed by atoms with Crippen molar-refractivity contribution in [2.75, 3.05) is 0 Å². The molecule has 67 valence electrons. The molecule has 0 saturated carbocycles. The van der Waals surface area contributed by atoms with Crippen molar-refractivity contribution in [3.63, 3.8) is 0 Å². The Balaban J connectivity index is 3.70. The predicted octanol–water partition coefficient (Wildman–Crippen LogP) is 4.10. The van der Waals surface area contributed by atoms with Gasteiger partial charge in [-0.2, -0.15) is 0 Å². The van der Waals surface area contributed by atoms with Gasteiger partial charge in [0.2, 0.25) is 0 Å². The summed E-state index contributed by atoms with van der Waals surface area (Å²) in [6.45, 7) is 12.0. The van der Waals surface area contributed by atoms with Crippen molar-refractivity contribution < 1.29 is 0 Å². The van der Waals surface area contributed by atoms with E-state index in [-0.39, 0.29) is 0 Å². The summed E-state index contributed by atoms with van der Waals surface area (Å²) in [7, 11) is 0. The fraction of sp³-hybridized carbons (Fsp3) is 1.00. The van der Waals surface area contributed by atoms with E-state index < -0.39 is 14.3 Å². The van der Waals surface area contributed by atoms with Crippen molar-refractivity contribution >= 4 is 14.3 Å². The molecule has 1 heteroatoms. The van der Waals surface area contributed by atoms with Gasteiger partial charge in [0.05, 0.1) is 0 Å². The molecule has 0 aromatic rings. The van der Waals surface area contributed by atoms with E-state index in [9.17, 15) is 0 Å². The van der Waals surface area contributed by atoms with Crippen LogP contribution in [0.3, 0.4) is 0 Å². The maximum absolute atomic E-state index is 2.42. The van der Waals surface area contributed by atoms with Gasteiger partial charge < -0.3 is 0 Å². The molecule has 0 atom stereocenters. The van der Waals surface area contributed by atoms with Crippen LogP contribution in [0, 0.1) is 0 Å². The van der Waals surface area contributed by atoms with Crippen molar-refractivity contribution in [3.05, 3.63) is 0 Å². The van der Waals surface area contributed by atoms with Gasteiger partial charge in [-0.1, -0.05) is 0 Å². The zero-order valence-corrected chi connectivity index (χ0v) is 10.9. The van der Waals surface area contributed by atoms with Crippen LogP contribution in [0.5, 0.6) is 0 Å². The van der Waals surface area contributed by atoms with Gasteiger partial charge in [0.25, 0.3) is 0 Å². The number of hydrogen-bond acceptors (Lipinski definition) is 0. The van der Waals surface area contributed by atoms with Gasteiger partial charge in [-0.15, -0.1) is 0 Å². The molecular weight excluding hydrogens is 193 g/mol. The van der Waals surface area contributed by atoms with Gasteiger partial charge in [0.15, 0.2) is 0 Å². The Kier molecular flexibility index (Phi) is 6.40. The second-order valence-electron chi connectivity index (χ2n) is 3.99. The summed E-state index contributed by atoms with van der Waals surface area (Å²) >= 11 is -0.666. The second-order valence-corrected chi connectivity index (χ2v) is 12.3. The van der Waals surface area contributed by atoms with Gasteiger partial charge in [0.1, 0.15) is 0 Å². The monoisotopic (exact) mass is 217 g/mol. The zero-order valence-electron chi connectivity index (χ0n) is 8.78. The van der Waals surface area contributed by atoms with Crippen LogP contribution >= 0.6 is 0 Å². The molecule has 1 radical (unpaired) electrons. The minimum atomic E-state index is -0.666. The van der Waals surface area contributed by atoms with E-state index in [1.165, 1.54) is 12.8 Å². The van der Waals surface area contributed by atoms with Crippen molar-refractivity contribution in [2.45, 2.75) is 62.2 Å². The Morgan fingerprint density at radius 2 is 1.45 bits per heavy atom. The van der Waals surface area contributed by atoms with Crippen LogP contribution < -0.4 is 0 Å². The summed E-state index contributed by atoms with van der Waals surface area (Å²) in [5, 5.41) is 1.59. The fourth-order valence-corrected chi connectivity index (χ4v) is 8.44. The molecule has 0 saturated heterocycles. The molecule has 0 rings (SSSR count). The van der Waals surface area contributed by atoms with Crippen LogP contribution in [0.2, 0.25) is 14.8 Å². The fourth-order valence-electron chi connectivity index (χ4n) is 1.62. The van der Waals surface area contributed by atoms with Crippen molar-refractivity contribution in [3.8, 4) is 0 Å². The summed E-state index contributed by atoms with van der Waals surface area (Å²) in [5.41, 5.74) is 0. The van der Waals surface area contributed by atoms with Gasteiger partial charge in [0, 0.05) is 0 Å². The first kappa shape index (κ1) is 11.5. The molecule has 0 unspecified atom stereocenters. The molecule has 0 nitrogen and oxygen atoms in total. The molecule has 0 aliphatic carbocycles. The van der Waals surface area contributed by atoms with Crippen LogP contribution in [0.15, 0.2) is 0 Å². The first-order valence-corrected chi connectivity index (χ1v) is 8.85. The van der Waals surface area contributed by atoms with Gasteiger partial charge in [-0.3, -0.25) is 0 Å². The number of rotatable bonds is 5. The SMILES string of the molecule is CCC[CH2][Ge]([CH](C)C)[CH](C)C. The van der Waals surface area contributed by atoms with Crippen molar-refractivity contribution in [1.29, 1.82) is 0 Å². The normalized spacial score (nSPS) is 12.0. The first-order chi connectivity index (χ1) is 5.09. The van der Waals surface area contributed by atoms with E-state index in [1.807, 2.05) is 0 Å². The van der Waals surface area contributed by atoms with Crippen LogP contribution in [0.25, 0.3) is 0 Å². The maximum atomic E-state index is 2.42. The molecule has 0 N–H and O–H groups in total. The van der Waals surface area contributed by atoms with Gasteiger partial charge in [-0.05, 0) is 0 Å². The first-order valence-electron chi connectivity index (χ1n) is 4.95. The molecule has 0 aliphatic rings. The van der Waals surface area contributed by atoms with E-state index >= 15 is 0 Å². The number of unbranched alkanes of at least 4 members (excludes halogenated alkanes) is 1. The van der Waals surface area contributed by atoms with Gasteiger partial charge in [-0.25, -0.2) is 0 Å². The Morgan fingerprint density at radius 1 is 1.00 bits per heavy atom. The van der Waals surface area contributed by atoms with Crippen molar-refractivity contribution in [1.82, 2.24) is 0 Å². The average molecular weight is 216 g/mol. The molecule has 0 aliphatic heterocycles. The topological polar surface area (TPSA) is 0 Å². The summed E-state index contributed by atoms with van der Waals surface area (Å²) in [4.78, 5) is 0. The number of hydrogen-bond donors (Lipinski definition) is 0. The summed E-state index contributed by atoms with van der Waals surface area (Å²) in [5.74, 6) is 0. The Hall–Kier alpha value is 0.543. The standard InChI is InChI=1S/C10H23Ge/c1-6-7-8-11(9(2)3)10(4)5/h9-10H,6-8H2,1-5H3. The summed E-state index contributed by atoms with van der Waals surface area (Å²) in [6, 6.07) is 0. The molecule has 0 heterocycles. The van der Waals surface area contributed by atoms with Gasteiger partial charge >= 0.3 is 76.6 Å². The van der Waals surface area contributed by atoms with E-state index in [0.29, 0.717) is 0 Å². The molecule has 0 spiro atoms. The molecule has 11 heavy (non-hydrogen) atoms. The van der Waals surface area contributed by atoms with Crippen LogP contribution in [-0.2, 0) is 0 Å². The van der Waals surface area contributed by atoms with Crippen LogP contribution in [0.4, 0.5) is 0 Å². The molecule has 0 fully saturated rings. The minimum absolute atomic E-state index is 0.666. The third-order valence-corrected chi connectivity index (χ3v) is 10.5. The third kappa shape index (κ3) is 4.89. The Bertz CT molecular complexity index is 78.9. The summed E-state index contributed by atoms with van der Waals surface area (Å²) < 4.78 is 2.06. The summed E-state index contributed by atoms with van der Waals surface area (Å²) in [6.07, 6.45) is 2.86. The molecular formula is C10H23Ge.